The molecule has 2 radical (unpaired) electrons. The zero-order valence-electron chi connectivity index (χ0n) is 8.65. The first-order valence-electron chi connectivity index (χ1n) is 5.12. The van der Waals surface area contributed by atoms with E-state index in [1.165, 1.54) is 51.4 Å². The van der Waals surface area contributed by atoms with Crippen molar-refractivity contribution in [3.05, 3.63) is 0 Å². The van der Waals surface area contributed by atoms with Crippen LogP contribution in [0.2, 0.25) is 0 Å². The standard InChI is InChI=1S/C10H23N.Sn.2H/c1-2-3-4-5-6-7-8-9-10-11;;;/h2-11H2,1H3;;;. The Bertz CT molecular complexity index is 58.9. The van der Waals surface area contributed by atoms with Crippen molar-refractivity contribution in [2.45, 2.75) is 58.3 Å². The summed E-state index contributed by atoms with van der Waals surface area (Å²) in [6.45, 7) is 3.13. The van der Waals surface area contributed by atoms with Gasteiger partial charge in [-0.15, -0.1) is 0 Å². The Hall–Kier alpha value is 0.759. The number of rotatable bonds is 8. The fourth-order valence-corrected chi connectivity index (χ4v) is 1.28. The van der Waals surface area contributed by atoms with Crippen LogP contribution in [0.5, 0.6) is 0 Å². The van der Waals surface area contributed by atoms with E-state index in [0.29, 0.717) is 0 Å². The van der Waals surface area contributed by atoms with Gasteiger partial charge in [-0.05, 0) is 13.0 Å². The molecule has 0 unspecified atom stereocenters. The van der Waals surface area contributed by atoms with Gasteiger partial charge in [0, 0.05) is 0 Å². The zero-order valence-corrected chi connectivity index (χ0v) is 12.7. The molecule has 2 heteroatoms. The molecule has 0 fully saturated rings. The van der Waals surface area contributed by atoms with Crippen molar-refractivity contribution in [2.75, 3.05) is 6.54 Å². The van der Waals surface area contributed by atoms with Crippen LogP contribution in [0, 0.1) is 0 Å². The van der Waals surface area contributed by atoms with Crippen LogP contribution in [-0.2, 0) is 0 Å². The predicted molar refractivity (Wildman–Crippen MR) is 60.2 cm³/mol. The Kier molecular flexibility index (Phi) is 18.2. The molecular formula is C10H25NSn. The second-order valence-electron chi connectivity index (χ2n) is 3.26. The third-order valence-corrected chi connectivity index (χ3v) is 2.06. The van der Waals surface area contributed by atoms with Crippen LogP contribution < -0.4 is 5.73 Å². The summed E-state index contributed by atoms with van der Waals surface area (Å²) >= 11 is 0. The number of hydrogen-bond acceptors (Lipinski definition) is 1. The monoisotopic (exact) mass is 279 g/mol. The van der Waals surface area contributed by atoms with Crippen molar-refractivity contribution in [2.24, 2.45) is 5.73 Å². The molecule has 0 aliphatic rings. The topological polar surface area (TPSA) is 26.0 Å². The van der Waals surface area contributed by atoms with Crippen molar-refractivity contribution in [1.82, 2.24) is 0 Å². The fraction of sp³-hybridized carbons (Fsp3) is 1.00. The fourth-order valence-electron chi connectivity index (χ4n) is 1.28. The van der Waals surface area contributed by atoms with Crippen LogP contribution in [0.3, 0.4) is 0 Å². The van der Waals surface area contributed by atoms with Gasteiger partial charge in [-0.2, -0.15) is 0 Å². The Balaban J connectivity index is 0. The van der Waals surface area contributed by atoms with Gasteiger partial charge in [-0.3, -0.25) is 0 Å². The van der Waals surface area contributed by atoms with E-state index >= 15 is 0 Å². The van der Waals surface area contributed by atoms with Crippen LogP contribution in [0.4, 0.5) is 0 Å². The van der Waals surface area contributed by atoms with Gasteiger partial charge in [-0.1, -0.05) is 51.9 Å². The summed E-state index contributed by atoms with van der Waals surface area (Å²) in [5.74, 6) is 0. The third-order valence-electron chi connectivity index (χ3n) is 2.06. The second kappa shape index (κ2) is 14.3. The minimum absolute atomic E-state index is 0. The minimum atomic E-state index is 0. The number of hydrogen-bond donors (Lipinski definition) is 1. The molecule has 1 nitrogen and oxygen atoms in total. The van der Waals surface area contributed by atoms with Gasteiger partial charge in [-0.25, -0.2) is 0 Å². The van der Waals surface area contributed by atoms with Crippen LogP contribution in [0.15, 0.2) is 0 Å². The normalized spacial score (nSPS) is 9.50. The average molecular weight is 278 g/mol. The Labute approximate surface area is 94.4 Å². The number of nitrogens with two attached hydrogens (primary N) is 1. The van der Waals surface area contributed by atoms with Crippen LogP contribution >= 0.6 is 0 Å². The summed E-state index contributed by atoms with van der Waals surface area (Å²) in [4.78, 5) is 0. The van der Waals surface area contributed by atoms with Crippen LogP contribution in [0.1, 0.15) is 58.3 Å². The summed E-state index contributed by atoms with van der Waals surface area (Å²) < 4.78 is 0. The van der Waals surface area contributed by atoms with Crippen molar-refractivity contribution in [1.29, 1.82) is 0 Å². The summed E-state index contributed by atoms with van der Waals surface area (Å²) in [5, 5.41) is 0. The molecule has 0 rings (SSSR count). The van der Waals surface area contributed by atoms with Gasteiger partial charge < -0.3 is 5.73 Å². The molecule has 74 valence electrons. The molecule has 0 bridgehead atoms. The van der Waals surface area contributed by atoms with Gasteiger partial charge in [0.05, 0.1) is 0 Å². The quantitative estimate of drug-likeness (QED) is 0.534. The van der Waals surface area contributed by atoms with Crippen molar-refractivity contribution in [3.63, 3.8) is 0 Å². The molecule has 0 aromatic carbocycles. The Morgan fingerprint density at radius 3 is 1.58 bits per heavy atom. The molecule has 2 N–H and O–H groups in total. The molecule has 0 saturated heterocycles. The molecule has 0 atom stereocenters. The van der Waals surface area contributed by atoms with E-state index in [-0.39, 0.29) is 23.9 Å². The van der Waals surface area contributed by atoms with E-state index in [9.17, 15) is 0 Å². The van der Waals surface area contributed by atoms with E-state index < -0.39 is 0 Å². The molecule has 0 aromatic heterocycles. The first-order chi connectivity index (χ1) is 5.41. The van der Waals surface area contributed by atoms with Crippen molar-refractivity contribution >= 4 is 23.9 Å². The molecule has 0 aliphatic heterocycles. The zero-order chi connectivity index (χ0) is 8.36. The molecule has 0 aliphatic carbocycles. The Morgan fingerprint density at radius 1 is 0.750 bits per heavy atom. The third kappa shape index (κ3) is 13.4. The van der Waals surface area contributed by atoms with Crippen LogP contribution in [0.25, 0.3) is 0 Å². The summed E-state index contributed by atoms with van der Waals surface area (Å²) in [7, 11) is 0. The van der Waals surface area contributed by atoms with Gasteiger partial charge in [0.1, 0.15) is 0 Å². The SMILES string of the molecule is CCCCCCCCCCN.[SnH2]. The molecule has 0 heterocycles. The molecule has 0 aromatic rings. The summed E-state index contributed by atoms with van der Waals surface area (Å²) in [5.41, 5.74) is 5.39. The molecule has 12 heavy (non-hydrogen) atoms. The van der Waals surface area contributed by atoms with Gasteiger partial charge in [0.15, 0.2) is 0 Å². The van der Waals surface area contributed by atoms with Crippen molar-refractivity contribution < 1.29 is 0 Å². The van der Waals surface area contributed by atoms with E-state index in [0.717, 1.165) is 6.54 Å². The number of unbranched alkanes of at least 4 members (excludes halogenated alkanes) is 7. The summed E-state index contributed by atoms with van der Waals surface area (Å²) in [6, 6.07) is 0. The Morgan fingerprint density at radius 2 is 1.17 bits per heavy atom. The second-order valence-corrected chi connectivity index (χ2v) is 3.26. The van der Waals surface area contributed by atoms with E-state index in [4.69, 9.17) is 5.73 Å². The van der Waals surface area contributed by atoms with Gasteiger partial charge in [0.2, 0.25) is 0 Å². The van der Waals surface area contributed by atoms with Crippen LogP contribution in [-0.4, -0.2) is 30.5 Å². The van der Waals surface area contributed by atoms with Crippen molar-refractivity contribution in [3.8, 4) is 0 Å². The van der Waals surface area contributed by atoms with E-state index in [1.54, 1.807) is 0 Å². The van der Waals surface area contributed by atoms with Gasteiger partial charge in [0.25, 0.3) is 0 Å². The van der Waals surface area contributed by atoms with E-state index in [1.807, 2.05) is 0 Å². The average Bonchev–Trinajstić information content (AvgIpc) is 2.03. The first kappa shape index (κ1) is 15.2. The molecule has 0 spiro atoms. The predicted octanol–water partition coefficient (Wildman–Crippen LogP) is 2.17. The molecule has 0 saturated carbocycles. The maximum atomic E-state index is 5.39. The first-order valence-corrected chi connectivity index (χ1v) is 5.12. The van der Waals surface area contributed by atoms with E-state index in [2.05, 4.69) is 6.92 Å². The maximum absolute atomic E-state index is 5.39. The van der Waals surface area contributed by atoms with Gasteiger partial charge >= 0.3 is 23.9 Å². The summed E-state index contributed by atoms with van der Waals surface area (Å²) in [6.07, 6.45) is 11.0. The molecule has 0 amide bonds. The molecular weight excluding hydrogens is 253 g/mol.